The number of carbonyl (C=O) groups excluding carboxylic acids is 1. The molecule has 7 heteroatoms. The fourth-order valence-electron chi connectivity index (χ4n) is 1.43. The molecule has 0 radical (unpaired) electrons. The molecule has 1 amide bonds. The van der Waals surface area contributed by atoms with Gasteiger partial charge in [0.15, 0.2) is 0 Å². The predicted molar refractivity (Wildman–Crippen MR) is 70.0 cm³/mol. The van der Waals surface area contributed by atoms with E-state index in [1.165, 1.54) is 6.20 Å². The molecule has 2 aromatic heterocycles. The lowest BCUT2D eigenvalue weighted by atomic mass is 10.2. The third-order valence-corrected chi connectivity index (χ3v) is 2.72. The zero-order valence-electron chi connectivity index (χ0n) is 9.94. The molecule has 0 unspecified atom stereocenters. The number of pyridine rings is 1. The number of halogens is 1. The van der Waals surface area contributed by atoms with E-state index in [2.05, 4.69) is 20.7 Å². The van der Waals surface area contributed by atoms with Crippen molar-refractivity contribution in [2.75, 3.05) is 17.7 Å². The van der Waals surface area contributed by atoms with E-state index < -0.39 is 0 Å². The monoisotopic (exact) mass is 265 g/mol. The van der Waals surface area contributed by atoms with Gasteiger partial charge in [-0.25, -0.2) is 4.98 Å². The largest absolute Gasteiger partial charge is 0.373 e. The molecule has 2 heterocycles. The van der Waals surface area contributed by atoms with Crippen LogP contribution in [0.2, 0.25) is 5.02 Å². The van der Waals surface area contributed by atoms with Gasteiger partial charge in [-0.3, -0.25) is 9.48 Å². The van der Waals surface area contributed by atoms with Crippen LogP contribution >= 0.6 is 11.6 Å². The van der Waals surface area contributed by atoms with E-state index in [4.69, 9.17) is 11.6 Å². The Morgan fingerprint density at radius 1 is 1.50 bits per heavy atom. The van der Waals surface area contributed by atoms with Gasteiger partial charge in [-0.2, -0.15) is 5.10 Å². The van der Waals surface area contributed by atoms with Crippen LogP contribution in [0.4, 0.5) is 11.6 Å². The fourth-order valence-corrected chi connectivity index (χ4v) is 1.62. The third-order valence-electron chi connectivity index (χ3n) is 2.42. The predicted octanol–water partition coefficient (Wildman–Crippen LogP) is 1.76. The van der Waals surface area contributed by atoms with Crippen LogP contribution in [0, 0.1) is 0 Å². The summed E-state index contributed by atoms with van der Waals surface area (Å²) in [4.78, 5) is 16.1. The van der Waals surface area contributed by atoms with Crippen LogP contribution in [0.5, 0.6) is 0 Å². The molecule has 0 bridgehead atoms. The Bertz CT molecular complexity index is 581. The van der Waals surface area contributed by atoms with Crippen molar-refractivity contribution in [2.45, 2.75) is 0 Å². The second-order valence-electron chi connectivity index (χ2n) is 3.59. The molecule has 0 aromatic carbocycles. The number of amides is 1. The van der Waals surface area contributed by atoms with Gasteiger partial charge in [0.1, 0.15) is 11.6 Å². The van der Waals surface area contributed by atoms with Gasteiger partial charge in [0.05, 0.1) is 16.8 Å². The van der Waals surface area contributed by atoms with Gasteiger partial charge in [0.25, 0.3) is 5.91 Å². The molecule has 2 N–H and O–H groups in total. The summed E-state index contributed by atoms with van der Waals surface area (Å²) in [5.41, 5.74) is 0.359. The Labute approximate surface area is 109 Å². The van der Waals surface area contributed by atoms with Gasteiger partial charge in [-0.15, -0.1) is 0 Å². The van der Waals surface area contributed by atoms with Crippen molar-refractivity contribution in [1.29, 1.82) is 0 Å². The summed E-state index contributed by atoms with van der Waals surface area (Å²) >= 11 is 5.95. The van der Waals surface area contributed by atoms with Crippen LogP contribution in [-0.4, -0.2) is 27.7 Å². The van der Waals surface area contributed by atoms with Gasteiger partial charge < -0.3 is 10.6 Å². The molecule has 0 saturated carbocycles. The average molecular weight is 266 g/mol. The second kappa shape index (κ2) is 5.05. The van der Waals surface area contributed by atoms with E-state index in [-0.39, 0.29) is 5.91 Å². The van der Waals surface area contributed by atoms with Gasteiger partial charge in [0.2, 0.25) is 0 Å². The van der Waals surface area contributed by atoms with Gasteiger partial charge in [0, 0.05) is 26.4 Å². The normalized spacial score (nSPS) is 10.2. The smallest absolute Gasteiger partial charge is 0.258 e. The zero-order chi connectivity index (χ0) is 13.1. The first-order valence-corrected chi connectivity index (χ1v) is 5.62. The van der Waals surface area contributed by atoms with E-state index in [0.717, 1.165) is 0 Å². The Morgan fingerprint density at radius 2 is 2.28 bits per heavy atom. The highest BCUT2D eigenvalue weighted by Crippen LogP contribution is 2.19. The van der Waals surface area contributed by atoms with Crippen molar-refractivity contribution in [1.82, 2.24) is 14.8 Å². The quantitative estimate of drug-likeness (QED) is 0.887. The fraction of sp³-hybridized carbons (Fsp3) is 0.182. The molecule has 0 aliphatic heterocycles. The summed E-state index contributed by atoms with van der Waals surface area (Å²) in [5, 5.41) is 9.84. The number of aryl methyl sites for hydroxylation is 1. The summed E-state index contributed by atoms with van der Waals surface area (Å²) in [6.07, 6.45) is 3.04. The Hall–Kier alpha value is -2.08. The minimum Gasteiger partial charge on any atom is -0.373 e. The number of anilines is 2. The second-order valence-corrected chi connectivity index (χ2v) is 4.00. The minimum atomic E-state index is -0.303. The van der Waals surface area contributed by atoms with Crippen LogP contribution in [0.3, 0.4) is 0 Å². The van der Waals surface area contributed by atoms with Crippen molar-refractivity contribution in [3.05, 3.63) is 35.1 Å². The molecule has 2 aromatic rings. The molecule has 0 saturated heterocycles. The third kappa shape index (κ3) is 2.43. The first-order chi connectivity index (χ1) is 8.61. The van der Waals surface area contributed by atoms with Crippen molar-refractivity contribution in [3.8, 4) is 0 Å². The number of nitrogens with one attached hydrogen (secondary N) is 2. The molecule has 0 spiro atoms. The minimum absolute atomic E-state index is 0.300. The highest BCUT2D eigenvalue weighted by molar-refractivity contribution is 6.34. The topological polar surface area (TPSA) is 71.8 Å². The summed E-state index contributed by atoms with van der Waals surface area (Å²) in [6, 6.07) is 3.29. The summed E-state index contributed by atoms with van der Waals surface area (Å²) in [6.45, 7) is 0. The number of aromatic nitrogens is 3. The Balaban J connectivity index is 2.26. The van der Waals surface area contributed by atoms with Gasteiger partial charge >= 0.3 is 0 Å². The highest BCUT2D eigenvalue weighted by Gasteiger charge is 2.13. The Morgan fingerprint density at radius 3 is 2.89 bits per heavy atom. The first kappa shape index (κ1) is 12.4. The van der Waals surface area contributed by atoms with Crippen LogP contribution in [0.25, 0.3) is 0 Å². The van der Waals surface area contributed by atoms with Crippen molar-refractivity contribution in [2.24, 2.45) is 7.05 Å². The molecular weight excluding hydrogens is 254 g/mol. The van der Waals surface area contributed by atoms with E-state index in [0.29, 0.717) is 22.2 Å². The maximum Gasteiger partial charge on any atom is 0.258 e. The molecule has 6 nitrogen and oxygen atoms in total. The number of nitrogens with zero attached hydrogens (tertiary/aromatic N) is 3. The molecule has 0 aliphatic carbocycles. The maximum atomic E-state index is 12.1. The average Bonchev–Trinajstić information content (AvgIpc) is 2.75. The molecule has 0 aliphatic rings. The van der Waals surface area contributed by atoms with Crippen LogP contribution in [-0.2, 0) is 7.05 Å². The number of carbonyl (C=O) groups is 1. The molecule has 18 heavy (non-hydrogen) atoms. The molecule has 0 atom stereocenters. The van der Waals surface area contributed by atoms with E-state index in [1.54, 1.807) is 37.1 Å². The van der Waals surface area contributed by atoms with Crippen molar-refractivity contribution in [3.63, 3.8) is 0 Å². The summed E-state index contributed by atoms with van der Waals surface area (Å²) in [7, 11) is 3.46. The number of hydrogen-bond acceptors (Lipinski definition) is 4. The van der Waals surface area contributed by atoms with Gasteiger partial charge in [-0.05, 0) is 6.07 Å². The van der Waals surface area contributed by atoms with E-state index in [9.17, 15) is 4.79 Å². The molecule has 94 valence electrons. The van der Waals surface area contributed by atoms with Crippen molar-refractivity contribution < 1.29 is 4.79 Å². The van der Waals surface area contributed by atoms with Crippen molar-refractivity contribution >= 4 is 29.1 Å². The molecular formula is C11H12ClN5O. The van der Waals surface area contributed by atoms with E-state index >= 15 is 0 Å². The summed E-state index contributed by atoms with van der Waals surface area (Å²) < 4.78 is 1.56. The maximum absolute atomic E-state index is 12.1. The lowest BCUT2D eigenvalue weighted by molar-refractivity contribution is 0.102. The number of rotatable bonds is 3. The van der Waals surface area contributed by atoms with Crippen LogP contribution in [0.1, 0.15) is 10.4 Å². The van der Waals surface area contributed by atoms with Crippen LogP contribution < -0.4 is 10.6 Å². The lowest BCUT2D eigenvalue weighted by Crippen LogP contribution is -2.15. The SMILES string of the molecule is CNc1cc(C(=O)Nc2ccnn2C)c(Cl)cn1. The lowest BCUT2D eigenvalue weighted by Gasteiger charge is -2.08. The zero-order valence-corrected chi connectivity index (χ0v) is 10.7. The molecule has 2 rings (SSSR count). The highest BCUT2D eigenvalue weighted by atomic mass is 35.5. The van der Waals surface area contributed by atoms with E-state index in [1.807, 2.05) is 0 Å². The summed E-state index contributed by atoms with van der Waals surface area (Å²) in [5.74, 6) is 0.871. The van der Waals surface area contributed by atoms with Gasteiger partial charge in [-0.1, -0.05) is 11.6 Å². The number of hydrogen-bond donors (Lipinski definition) is 2. The first-order valence-electron chi connectivity index (χ1n) is 5.24. The molecule has 0 fully saturated rings. The Kier molecular flexibility index (Phi) is 3.47. The van der Waals surface area contributed by atoms with Crippen LogP contribution in [0.15, 0.2) is 24.5 Å². The standard InChI is InChI=1S/C11H12ClN5O/c1-13-9-5-7(8(12)6-14-9)11(18)16-10-3-4-15-17(10)2/h3-6H,1-2H3,(H,13,14)(H,16,18).